The Bertz CT molecular complexity index is 944. The lowest BCUT2D eigenvalue weighted by molar-refractivity contribution is -0.192. The van der Waals surface area contributed by atoms with Crippen molar-refractivity contribution in [1.82, 2.24) is 0 Å². The smallest absolute Gasteiger partial charge is 0.481 e. The van der Waals surface area contributed by atoms with Gasteiger partial charge in [-0.25, -0.2) is 4.79 Å². The maximum atomic E-state index is 13.1. The van der Waals surface area contributed by atoms with Gasteiger partial charge in [0.15, 0.2) is 6.29 Å². The van der Waals surface area contributed by atoms with E-state index in [1.54, 1.807) is 17.0 Å². The number of nitrogens with zero attached hydrogens (tertiary/aromatic N) is 1. The Kier molecular flexibility index (Phi) is 9.89. The topological polar surface area (TPSA) is 94.9 Å². The minimum Gasteiger partial charge on any atom is -0.481 e. The zero-order chi connectivity index (χ0) is 25.2. The number of carbonyl (C=O) groups excluding carboxylic acids is 1. The first kappa shape index (κ1) is 27.5. The first-order chi connectivity index (χ1) is 15.3. The van der Waals surface area contributed by atoms with Crippen molar-refractivity contribution in [2.24, 2.45) is 0 Å². The Morgan fingerprint density at radius 1 is 0.939 bits per heavy atom. The lowest BCUT2D eigenvalue weighted by Crippen LogP contribution is -2.26. The summed E-state index contributed by atoms with van der Waals surface area (Å²) in [6.45, 7) is 0.478. The van der Waals surface area contributed by atoms with Crippen LogP contribution in [-0.2, 0) is 22.3 Å². The van der Waals surface area contributed by atoms with Gasteiger partial charge in [0.25, 0.3) is 0 Å². The minimum atomic E-state index is -5.08. The van der Waals surface area contributed by atoms with E-state index < -0.39 is 29.9 Å². The zero-order valence-electron chi connectivity index (χ0n) is 16.9. The number of anilines is 1. The largest absolute Gasteiger partial charge is 0.490 e. The summed E-state index contributed by atoms with van der Waals surface area (Å²) in [6.07, 6.45) is -8.97. The summed E-state index contributed by atoms with van der Waals surface area (Å²) in [7, 11) is 0. The molecule has 0 radical (unpaired) electrons. The van der Waals surface area contributed by atoms with Gasteiger partial charge in [-0.05, 0) is 30.2 Å². The molecule has 0 aromatic heterocycles. The third kappa shape index (κ3) is 9.62. The highest BCUT2D eigenvalue weighted by atomic mass is 19.4. The molecule has 0 unspecified atom stereocenters. The molecule has 0 atom stereocenters. The zero-order valence-corrected chi connectivity index (χ0v) is 16.9. The average molecular weight is 479 g/mol. The fourth-order valence-electron chi connectivity index (χ4n) is 2.60. The molecule has 12 heteroatoms. The summed E-state index contributed by atoms with van der Waals surface area (Å²) in [6, 6.07) is 12.0. The molecule has 6 nitrogen and oxygen atoms in total. The molecular formula is C21H19F6NO5. The standard InChI is InChI=1S/C19H18F3NO3.C2HF3O2/c20-19(21,22)16-9-8-15(13-24)17(11-16)23(10-4-7-18(25)26)12-14-5-2-1-3-6-14;3-2(4,5)1(6)7/h1-3,5-6,8-9,11,13H,4,7,10,12H2,(H,25,26);(H,6,7). The number of hydrogen-bond acceptors (Lipinski definition) is 4. The van der Waals surface area contributed by atoms with Crippen LogP contribution in [0.25, 0.3) is 0 Å². The van der Waals surface area contributed by atoms with Crippen LogP contribution in [0, 0.1) is 0 Å². The normalized spacial score (nSPS) is 11.2. The van der Waals surface area contributed by atoms with E-state index in [1.807, 2.05) is 18.2 Å². The van der Waals surface area contributed by atoms with Gasteiger partial charge < -0.3 is 15.1 Å². The van der Waals surface area contributed by atoms with Crippen LogP contribution in [0.15, 0.2) is 48.5 Å². The van der Waals surface area contributed by atoms with Crippen LogP contribution in [0.5, 0.6) is 0 Å². The number of hydrogen-bond donors (Lipinski definition) is 2. The highest BCUT2D eigenvalue weighted by Gasteiger charge is 2.38. The van der Waals surface area contributed by atoms with Gasteiger partial charge in [-0.15, -0.1) is 0 Å². The lowest BCUT2D eigenvalue weighted by Gasteiger charge is -2.27. The van der Waals surface area contributed by atoms with Crippen LogP contribution in [-0.4, -0.2) is 41.2 Å². The third-order valence-corrected chi connectivity index (χ3v) is 4.10. The highest BCUT2D eigenvalue weighted by Crippen LogP contribution is 2.33. The molecule has 0 aliphatic carbocycles. The van der Waals surface area contributed by atoms with Crippen molar-refractivity contribution >= 4 is 23.9 Å². The molecule has 33 heavy (non-hydrogen) atoms. The van der Waals surface area contributed by atoms with Crippen molar-refractivity contribution in [1.29, 1.82) is 0 Å². The predicted molar refractivity (Wildman–Crippen MR) is 105 cm³/mol. The molecule has 0 saturated heterocycles. The van der Waals surface area contributed by atoms with Crippen molar-refractivity contribution in [3.63, 3.8) is 0 Å². The molecule has 2 rings (SSSR count). The monoisotopic (exact) mass is 479 g/mol. The summed E-state index contributed by atoms with van der Waals surface area (Å²) in [5.74, 6) is -3.74. The van der Waals surface area contributed by atoms with Gasteiger partial charge in [-0.3, -0.25) is 9.59 Å². The maximum absolute atomic E-state index is 13.1. The Morgan fingerprint density at radius 2 is 1.52 bits per heavy atom. The SMILES string of the molecule is O=C(O)C(F)(F)F.O=Cc1ccc(C(F)(F)F)cc1N(CCCC(=O)O)Cc1ccccc1. The number of carboxylic acids is 2. The second kappa shape index (κ2) is 11.9. The molecule has 0 heterocycles. The number of aliphatic carboxylic acids is 2. The van der Waals surface area contributed by atoms with E-state index in [-0.39, 0.29) is 37.2 Å². The van der Waals surface area contributed by atoms with Crippen molar-refractivity contribution in [3.8, 4) is 0 Å². The number of benzene rings is 2. The van der Waals surface area contributed by atoms with Crippen molar-refractivity contribution in [2.75, 3.05) is 11.4 Å². The number of alkyl halides is 6. The van der Waals surface area contributed by atoms with Crippen molar-refractivity contribution < 1.29 is 50.9 Å². The molecular weight excluding hydrogens is 460 g/mol. The number of carboxylic acid groups (broad SMARTS) is 2. The van der Waals surface area contributed by atoms with Gasteiger partial charge in [0.2, 0.25) is 0 Å². The molecule has 2 aromatic carbocycles. The highest BCUT2D eigenvalue weighted by molar-refractivity contribution is 5.85. The second-order valence-electron chi connectivity index (χ2n) is 6.60. The van der Waals surface area contributed by atoms with E-state index in [1.165, 1.54) is 0 Å². The van der Waals surface area contributed by atoms with Gasteiger partial charge in [0.05, 0.1) is 5.56 Å². The Labute approximate surface area is 184 Å². The third-order valence-electron chi connectivity index (χ3n) is 4.10. The van der Waals surface area contributed by atoms with Crippen molar-refractivity contribution in [2.45, 2.75) is 31.7 Å². The molecule has 0 saturated carbocycles. The molecule has 0 fully saturated rings. The summed E-state index contributed by atoms with van der Waals surface area (Å²) >= 11 is 0. The Hall–Kier alpha value is -3.57. The van der Waals surface area contributed by atoms with E-state index in [0.29, 0.717) is 6.29 Å². The summed E-state index contributed by atoms with van der Waals surface area (Å²) in [5.41, 5.74) is 0.264. The summed E-state index contributed by atoms with van der Waals surface area (Å²) < 4.78 is 70.9. The first-order valence-corrected chi connectivity index (χ1v) is 9.23. The van der Waals surface area contributed by atoms with E-state index in [9.17, 15) is 35.9 Å². The van der Waals surface area contributed by atoms with Gasteiger partial charge in [-0.1, -0.05) is 30.3 Å². The summed E-state index contributed by atoms with van der Waals surface area (Å²) in [5, 5.41) is 15.9. The molecule has 0 aliphatic rings. The Balaban J connectivity index is 0.000000675. The van der Waals surface area contributed by atoms with Crippen LogP contribution in [0.1, 0.15) is 34.3 Å². The van der Waals surface area contributed by atoms with Crippen LogP contribution in [0.2, 0.25) is 0 Å². The molecule has 0 aliphatic heterocycles. The lowest BCUT2D eigenvalue weighted by atomic mass is 10.1. The summed E-state index contributed by atoms with van der Waals surface area (Å²) in [4.78, 5) is 32.6. The first-order valence-electron chi connectivity index (χ1n) is 9.23. The molecule has 0 bridgehead atoms. The fourth-order valence-corrected chi connectivity index (χ4v) is 2.60. The van der Waals surface area contributed by atoms with Crippen LogP contribution in [0.4, 0.5) is 32.0 Å². The van der Waals surface area contributed by atoms with Gasteiger partial charge in [-0.2, -0.15) is 26.3 Å². The molecule has 2 aromatic rings. The van der Waals surface area contributed by atoms with Crippen molar-refractivity contribution in [3.05, 3.63) is 65.2 Å². The van der Waals surface area contributed by atoms with Gasteiger partial charge >= 0.3 is 24.3 Å². The van der Waals surface area contributed by atoms with Gasteiger partial charge in [0, 0.05) is 30.8 Å². The van der Waals surface area contributed by atoms with Crippen LogP contribution in [0.3, 0.4) is 0 Å². The quantitative estimate of drug-likeness (QED) is 0.408. The maximum Gasteiger partial charge on any atom is 0.490 e. The fraction of sp³-hybridized carbons (Fsp3) is 0.286. The number of rotatable bonds is 8. The number of aldehydes is 1. The van der Waals surface area contributed by atoms with E-state index in [2.05, 4.69) is 0 Å². The number of carbonyl (C=O) groups is 3. The minimum absolute atomic E-state index is 0.110. The van der Waals surface area contributed by atoms with Crippen LogP contribution >= 0.6 is 0 Å². The molecule has 0 amide bonds. The van der Waals surface area contributed by atoms with E-state index in [4.69, 9.17) is 15.0 Å². The number of halogens is 6. The average Bonchev–Trinajstić information content (AvgIpc) is 2.72. The Morgan fingerprint density at radius 3 is 1.97 bits per heavy atom. The van der Waals surface area contributed by atoms with E-state index in [0.717, 1.165) is 23.8 Å². The van der Waals surface area contributed by atoms with Gasteiger partial charge in [0.1, 0.15) is 0 Å². The molecule has 0 spiro atoms. The van der Waals surface area contributed by atoms with Crippen LogP contribution < -0.4 is 4.90 Å². The second-order valence-corrected chi connectivity index (χ2v) is 6.60. The molecule has 2 N–H and O–H groups in total. The predicted octanol–water partition coefficient (Wildman–Crippen LogP) is 5.02. The molecule has 180 valence electrons. The van der Waals surface area contributed by atoms with E-state index >= 15 is 0 Å².